The van der Waals surface area contributed by atoms with E-state index in [-0.39, 0.29) is 0 Å². The standard InChI is InChI=1S/C13H18ClN3O/c1-3-18-12-5-4-10(6-11(12)14)8-16-13-15-7-9(2)17-13/h4-6,9H,3,7-8H2,1-2H3,(H2,15,16,17). The molecule has 1 atom stereocenters. The molecule has 4 nitrogen and oxygen atoms in total. The van der Waals surface area contributed by atoms with Gasteiger partial charge in [0.15, 0.2) is 5.96 Å². The molecular formula is C13H18ClN3O. The Kier molecular flexibility index (Phi) is 4.31. The number of nitrogens with one attached hydrogen (secondary N) is 2. The van der Waals surface area contributed by atoms with Crippen molar-refractivity contribution >= 4 is 17.6 Å². The van der Waals surface area contributed by atoms with Crippen LogP contribution in [0.25, 0.3) is 0 Å². The van der Waals surface area contributed by atoms with Gasteiger partial charge in [-0.15, -0.1) is 0 Å². The highest BCUT2D eigenvalue weighted by molar-refractivity contribution is 6.32. The minimum absolute atomic E-state index is 0.413. The van der Waals surface area contributed by atoms with Crippen molar-refractivity contribution in [2.45, 2.75) is 26.4 Å². The van der Waals surface area contributed by atoms with Gasteiger partial charge < -0.3 is 15.4 Å². The Morgan fingerprint density at radius 3 is 3.00 bits per heavy atom. The highest BCUT2D eigenvalue weighted by Gasteiger charge is 2.11. The number of benzene rings is 1. The van der Waals surface area contributed by atoms with Gasteiger partial charge in [-0.1, -0.05) is 17.7 Å². The van der Waals surface area contributed by atoms with Crippen molar-refractivity contribution in [2.75, 3.05) is 13.2 Å². The second-order valence-corrected chi connectivity index (χ2v) is 4.69. The SMILES string of the molecule is CCOc1ccc(CNC2=NCC(C)N2)cc1Cl. The van der Waals surface area contributed by atoms with E-state index in [1.165, 1.54) is 0 Å². The fraction of sp³-hybridized carbons (Fsp3) is 0.462. The maximum absolute atomic E-state index is 6.13. The summed E-state index contributed by atoms with van der Waals surface area (Å²) in [5, 5.41) is 7.14. The Balaban J connectivity index is 1.92. The van der Waals surface area contributed by atoms with Gasteiger partial charge in [-0.05, 0) is 31.5 Å². The molecule has 0 saturated carbocycles. The van der Waals surface area contributed by atoms with Crippen molar-refractivity contribution < 1.29 is 4.74 Å². The molecule has 0 bridgehead atoms. The summed E-state index contributed by atoms with van der Waals surface area (Å²) in [7, 11) is 0. The third-order valence-corrected chi connectivity index (χ3v) is 2.96. The molecule has 5 heteroatoms. The van der Waals surface area contributed by atoms with Gasteiger partial charge in [0, 0.05) is 12.6 Å². The lowest BCUT2D eigenvalue weighted by Gasteiger charge is -2.10. The zero-order chi connectivity index (χ0) is 13.0. The number of guanidine groups is 1. The quantitative estimate of drug-likeness (QED) is 0.879. The predicted octanol–water partition coefficient (Wildman–Crippen LogP) is 2.18. The van der Waals surface area contributed by atoms with Gasteiger partial charge in [-0.3, -0.25) is 4.99 Å². The van der Waals surface area contributed by atoms with E-state index in [4.69, 9.17) is 16.3 Å². The minimum atomic E-state index is 0.413. The van der Waals surface area contributed by atoms with Crippen LogP contribution in [0.2, 0.25) is 5.02 Å². The van der Waals surface area contributed by atoms with Crippen molar-refractivity contribution in [3.63, 3.8) is 0 Å². The van der Waals surface area contributed by atoms with E-state index in [9.17, 15) is 0 Å². The molecule has 1 aromatic carbocycles. The normalized spacial score (nSPS) is 18.2. The fourth-order valence-corrected chi connectivity index (χ4v) is 2.03. The summed E-state index contributed by atoms with van der Waals surface area (Å²) in [6, 6.07) is 6.23. The molecule has 1 unspecified atom stereocenters. The number of hydrogen-bond donors (Lipinski definition) is 2. The molecule has 1 heterocycles. The minimum Gasteiger partial charge on any atom is -0.492 e. The molecule has 2 rings (SSSR count). The number of halogens is 1. The summed E-state index contributed by atoms with van der Waals surface area (Å²) in [5.41, 5.74) is 1.10. The zero-order valence-electron chi connectivity index (χ0n) is 10.7. The lowest BCUT2D eigenvalue weighted by atomic mass is 10.2. The van der Waals surface area contributed by atoms with Crippen LogP contribution >= 0.6 is 11.6 Å². The second kappa shape index (κ2) is 5.96. The fourth-order valence-electron chi connectivity index (χ4n) is 1.77. The summed E-state index contributed by atoms with van der Waals surface area (Å²) in [5.74, 6) is 1.58. The number of hydrogen-bond acceptors (Lipinski definition) is 4. The zero-order valence-corrected chi connectivity index (χ0v) is 11.4. The van der Waals surface area contributed by atoms with Crippen molar-refractivity contribution in [3.8, 4) is 5.75 Å². The van der Waals surface area contributed by atoms with Crippen LogP contribution in [0.3, 0.4) is 0 Å². The summed E-state index contributed by atoms with van der Waals surface area (Å²) in [4.78, 5) is 4.34. The average Bonchev–Trinajstić information content (AvgIpc) is 2.76. The molecule has 98 valence electrons. The number of rotatable bonds is 4. The topological polar surface area (TPSA) is 45.6 Å². The Morgan fingerprint density at radius 1 is 1.56 bits per heavy atom. The molecule has 0 amide bonds. The molecule has 2 N–H and O–H groups in total. The van der Waals surface area contributed by atoms with Gasteiger partial charge in [0.2, 0.25) is 0 Å². The molecule has 0 saturated heterocycles. The molecular weight excluding hydrogens is 250 g/mol. The molecule has 18 heavy (non-hydrogen) atoms. The van der Waals surface area contributed by atoms with Crippen LogP contribution in [0.1, 0.15) is 19.4 Å². The summed E-state index contributed by atoms with van der Waals surface area (Å²) in [6.45, 7) is 6.19. The molecule has 1 aliphatic rings. The molecule has 0 aromatic heterocycles. The second-order valence-electron chi connectivity index (χ2n) is 4.29. The summed E-state index contributed by atoms with van der Waals surface area (Å²) < 4.78 is 5.40. The van der Waals surface area contributed by atoms with E-state index in [1.807, 2.05) is 25.1 Å². The third-order valence-electron chi connectivity index (χ3n) is 2.66. The van der Waals surface area contributed by atoms with E-state index < -0.39 is 0 Å². The van der Waals surface area contributed by atoms with Gasteiger partial charge in [0.25, 0.3) is 0 Å². The highest BCUT2D eigenvalue weighted by atomic mass is 35.5. The molecule has 0 fully saturated rings. The van der Waals surface area contributed by atoms with Crippen LogP contribution < -0.4 is 15.4 Å². The van der Waals surface area contributed by atoms with Crippen LogP contribution in [0.15, 0.2) is 23.2 Å². The number of nitrogens with zero attached hydrogens (tertiary/aromatic N) is 1. The van der Waals surface area contributed by atoms with Crippen LogP contribution in [0.4, 0.5) is 0 Å². The first kappa shape index (κ1) is 13.0. The van der Waals surface area contributed by atoms with Crippen LogP contribution in [-0.4, -0.2) is 25.2 Å². The molecule has 0 spiro atoms. The highest BCUT2D eigenvalue weighted by Crippen LogP contribution is 2.25. The van der Waals surface area contributed by atoms with Crippen LogP contribution in [-0.2, 0) is 6.54 Å². The van der Waals surface area contributed by atoms with Crippen molar-refractivity contribution in [3.05, 3.63) is 28.8 Å². The van der Waals surface area contributed by atoms with Gasteiger partial charge in [0.05, 0.1) is 18.2 Å². The van der Waals surface area contributed by atoms with Gasteiger partial charge in [-0.25, -0.2) is 0 Å². The Labute approximate surface area is 112 Å². The van der Waals surface area contributed by atoms with Gasteiger partial charge in [-0.2, -0.15) is 0 Å². The molecule has 1 aromatic rings. The predicted molar refractivity (Wildman–Crippen MR) is 74.4 cm³/mol. The first-order chi connectivity index (χ1) is 8.69. The van der Waals surface area contributed by atoms with Crippen molar-refractivity contribution in [2.24, 2.45) is 4.99 Å². The molecule has 0 radical (unpaired) electrons. The maximum Gasteiger partial charge on any atom is 0.191 e. The Hall–Kier alpha value is -1.42. The third kappa shape index (κ3) is 3.29. The first-order valence-corrected chi connectivity index (χ1v) is 6.53. The largest absolute Gasteiger partial charge is 0.492 e. The van der Waals surface area contributed by atoms with Crippen molar-refractivity contribution in [1.82, 2.24) is 10.6 Å². The van der Waals surface area contributed by atoms with E-state index in [0.717, 1.165) is 23.8 Å². The monoisotopic (exact) mass is 267 g/mol. The Morgan fingerprint density at radius 2 is 2.39 bits per heavy atom. The maximum atomic E-state index is 6.13. The van der Waals surface area contributed by atoms with Gasteiger partial charge >= 0.3 is 0 Å². The number of ether oxygens (including phenoxy) is 1. The summed E-state index contributed by atoms with van der Waals surface area (Å²) >= 11 is 6.13. The van der Waals surface area contributed by atoms with E-state index in [0.29, 0.717) is 24.2 Å². The molecule has 0 aliphatic carbocycles. The summed E-state index contributed by atoms with van der Waals surface area (Å²) in [6.07, 6.45) is 0. The van der Waals surface area contributed by atoms with E-state index >= 15 is 0 Å². The first-order valence-electron chi connectivity index (χ1n) is 6.15. The lowest BCUT2D eigenvalue weighted by molar-refractivity contribution is 0.340. The lowest BCUT2D eigenvalue weighted by Crippen LogP contribution is -2.37. The average molecular weight is 268 g/mol. The van der Waals surface area contributed by atoms with Crippen LogP contribution in [0.5, 0.6) is 5.75 Å². The Bertz CT molecular complexity index is 448. The van der Waals surface area contributed by atoms with E-state index in [1.54, 1.807) is 0 Å². The van der Waals surface area contributed by atoms with Crippen LogP contribution in [0, 0.1) is 0 Å². The number of aliphatic imine (C=N–C) groups is 1. The van der Waals surface area contributed by atoms with E-state index in [2.05, 4.69) is 22.5 Å². The van der Waals surface area contributed by atoms with Crippen molar-refractivity contribution in [1.29, 1.82) is 0 Å². The molecule has 1 aliphatic heterocycles. The smallest absolute Gasteiger partial charge is 0.191 e. The van der Waals surface area contributed by atoms with Gasteiger partial charge in [0.1, 0.15) is 5.75 Å².